The maximum absolute atomic E-state index is 11.8. The van der Waals surface area contributed by atoms with Gasteiger partial charge in [0, 0.05) is 18.7 Å². The summed E-state index contributed by atoms with van der Waals surface area (Å²) in [6.45, 7) is 4.51. The third-order valence-corrected chi connectivity index (χ3v) is 3.41. The summed E-state index contributed by atoms with van der Waals surface area (Å²) in [6, 6.07) is 4.83. The van der Waals surface area contributed by atoms with E-state index >= 15 is 0 Å². The number of carbonyl (C=O) groups excluding carboxylic acids is 1. The fourth-order valence-corrected chi connectivity index (χ4v) is 2.06. The quantitative estimate of drug-likeness (QED) is 0.812. The zero-order valence-corrected chi connectivity index (χ0v) is 13.2. The Hall–Kier alpha value is -0.970. The van der Waals surface area contributed by atoms with E-state index in [1.165, 1.54) is 0 Å². The highest BCUT2D eigenvalue weighted by atomic mass is 35.5. The monoisotopic (exact) mass is 318 g/mol. The van der Waals surface area contributed by atoms with Crippen molar-refractivity contribution in [2.24, 2.45) is 11.7 Å². The van der Waals surface area contributed by atoms with E-state index in [0.717, 1.165) is 6.42 Å². The van der Waals surface area contributed by atoms with Crippen molar-refractivity contribution in [3.8, 4) is 5.75 Å². The van der Waals surface area contributed by atoms with E-state index in [-0.39, 0.29) is 18.6 Å². The highest BCUT2D eigenvalue weighted by Gasteiger charge is 2.13. The second-order valence-electron chi connectivity index (χ2n) is 4.99. The van der Waals surface area contributed by atoms with Gasteiger partial charge in [-0.15, -0.1) is 0 Å². The molecule has 0 saturated carbocycles. The zero-order chi connectivity index (χ0) is 15.1. The van der Waals surface area contributed by atoms with Crippen molar-refractivity contribution in [1.82, 2.24) is 5.32 Å². The molecular formula is C14H20Cl2N2O2. The number of ether oxygens (including phenoxy) is 1. The molecule has 0 aliphatic heterocycles. The third-order valence-electron chi connectivity index (χ3n) is 2.67. The van der Waals surface area contributed by atoms with E-state index in [1.54, 1.807) is 18.2 Å². The Morgan fingerprint density at radius 2 is 2.05 bits per heavy atom. The predicted octanol–water partition coefficient (Wildman–Crippen LogP) is 2.86. The zero-order valence-electron chi connectivity index (χ0n) is 11.7. The van der Waals surface area contributed by atoms with Gasteiger partial charge in [-0.1, -0.05) is 37.0 Å². The summed E-state index contributed by atoms with van der Waals surface area (Å²) in [4.78, 5) is 11.8. The number of nitrogens with two attached hydrogens (primary N) is 1. The van der Waals surface area contributed by atoms with E-state index in [4.69, 9.17) is 33.7 Å². The van der Waals surface area contributed by atoms with Crippen LogP contribution in [0, 0.1) is 5.92 Å². The maximum Gasteiger partial charge on any atom is 0.258 e. The SMILES string of the molecule is CC(C)CC(CN)NC(=O)COc1ccc(Cl)c(Cl)c1. The average Bonchev–Trinajstić information content (AvgIpc) is 2.39. The minimum Gasteiger partial charge on any atom is -0.484 e. The van der Waals surface area contributed by atoms with Gasteiger partial charge >= 0.3 is 0 Å². The van der Waals surface area contributed by atoms with Crippen molar-refractivity contribution >= 4 is 29.1 Å². The van der Waals surface area contributed by atoms with Gasteiger partial charge in [-0.25, -0.2) is 0 Å². The fraction of sp³-hybridized carbons (Fsp3) is 0.500. The van der Waals surface area contributed by atoms with Crippen LogP contribution >= 0.6 is 23.2 Å². The van der Waals surface area contributed by atoms with Crippen LogP contribution in [0.3, 0.4) is 0 Å². The smallest absolute Gasteiger partial charge is 0.258 e. The second kappa shape index (κ2) is 8.35. The molecule has 0 bridgehead atoms. The summed E-state index contributed by atoms with van der Waals surface area (Å²) in [5, 5.41) is 3.69. The van der Waals surface area contributed by atoms with Crippen LogP contribution in [0.2, 0.25) is 10.0 Å². The Balaban J connectivity index is 2.44. The van der Waals surface area contributed by atoms with E-state index in [1.807, 2.05) is 0 Å². The van der Waals surface area contributed by atoms with Gasteiger partial charge in [0.2, 0.25) is 0 Å². The summed E-state index contributed by atoms with van der Waals surface area (Å²) < 4.78 is 5.36. The summed E-state index contributed by atoms with van der Waals surface area (Å²) in [5.74, 6) is 0.773. The van der Waals surface area contributed by atoms with Crippen molar-refractivity contribution in [3.63, 3.8) is 0 Å². The van der Waals surface area contributed by atoms with E-state index in [0.29, 0.717) is 28.3 Å². The first-order chi connectivity index (χ1) is 9.42. The molecule has 4 nitrogen and oxygen atoms in total. The van der Waals surface area contributed by atoms with Gasteiger partial charge in [0.25, 0.3) is 5.91 Å². The Labute approximate surface area is 129 Å². The Bertz CT molecular complexity index is 453. The minimum atomic E-state index is -0.202. The first kappa shape index (κ1) is 17.1. The molecular weight excluding hydrogens is 299 g/mol. The molecule has 1 amide bonds. The molecule has 112 valence electrons. The fourth-order valence-electron chi connectivity index (χ4n) is 1.77. The highest BCUT2D eigenvalue weighted by molar-refractivity contribution is 6.42. The lowest BCUT2D eigenvalue weighted by molar-refractivity contribution is -0.123. The third kappa shape index (κ3) is 5.99. The minimum absolute atomic E-state index is 0.0279. The molecule has 20 heavy (non-hydrogen) atoms. The van der Waals surface area contributed by atoms with Gasteiger partial charge in [-0.3, -0.25) is 4.79 Å². The highest BCUT2D eigenvalue weighted by Crippen LogP contribution is 2.26. The van der Waals surface area contributed by atoms with Crippen LogP contribution < -0.4 is 15.8 Å². The lowest BCUT2D eigenvalue weighted by Gasteiger charge is -2.18. The Morgan fingerprint density at radius 3 is 2.60 bits per heavy atom. The van der Waals surface area contributed by atoms with Gasteiger partial charge in [0.1, 0.15) is 5.75 Å². The molecule has 1 unspecified atom stereocenters. The molecule has 1 rings (SSSR count). The summed E-state index contributed by atoms with van der Waals surface area (Å²) in [5.41, 5.74) is 5.63. The van der Waals surface area contributed by atoms with Crippen LogP contribution in [-0.4, -0.2) is 25.1 Å². The topological polar surface area (TPSA) is 64.3 Å². The maximum atomic E-state index is 11.8. The molecule has 0 radical (unpaired) electrons. The average molecular weight is 319 g/mol. The van der Waals surface area contributed by atoms with Crippen LogP contribution in [0.5, 0.6) is 5.75 Å². The Kier molecular flexibility index (Phi) is 7.13. The second-order valence-corrected chi connectivity index (χ2v) is 5.81. The van der Waals surface area contributed by atoms with Crippen molar-refractivity contribution in [2.45, 2.75) is 26.3 Å². The molecule has 0 aliphatic carbocycles. The summed E-state index contributed by atoms with van der Waals surface area (Å²) in [7, 11) is 0. The van der Waals surface area contributed by atoms with Crippen LogP contribution in [-0.2, 0) is 4.79 Å². The predicted molar refractivity (Wildman–Crippen MR) is 82.4 cm³/mol. The number of halogens is 2. The first-order valence-electron chi connectivity index (χ1n) is 6.49. The number of hydrogen-bond donors (Lipinski definition) is 2. The number of nitrogens with one attached hydrogen (secondary N) is 1. The number of amides is 1. The normalized spacial score (nSPS) is 12.3. The standard InChI is InChI=1S/C14H20Cl2N2O2/c1-9(2)5-10(7-17)18-14(19)8-20-11-3-4-12(15)13(16)6-11/h3-4,6,9-10H,5,7-8,17H2,1-2H3,(H,18,19). The molecule has 0 aromatic heterocycles. The molecule has 6 heteroatoms. The van der Waals surface area contributed by atoms with Gasteiger partial charge < -0.3 is 15.8 Å². The summed E-state index contributed by atoms with van der Waals surface area (Å²) >= 11 is 11.7. The van der Waals surface area contributed by atoms with Crippen molar-refractivity contribution in [3.05, 3.63) is 28.2 Å². The molecule has 0 heterocycles. The number of hydrogen-bond acceptors (Lipinski definition) is 3. The molecule has 0 saturated heterocycles. The van der Waals surface area contributed by atoms with Crippen LogP contribution in [0.4, 0.5) is 0 Å². The van der Waals surface area contributed by atoms with Crippen LogP contribution in [0.15, 0.2) is 18.2 Å². The summed E-state index contributed by atoms with van der Waals surface area (Å²) in [6.07, 6.45) is 0.842. The van der Waals surface area contributed by atoms with E-state index < -0.39 is 0 Å². The van der Waals surface area contributed by atoms with E-state index in [9.17, 15) is 4.79 Å². The lowest BCUT2D eigenvalue weighted by Crippen LogP contribution is -2.43. The molecule has 3 N–H and O–H groups in total. The van der Waals surface area contributed by atoms with Gasteiger partial charge in [0.05, 0.1) is 10.0 Å². The van der Waals surface area contributed by atoms with Crippen molar-refractivity contribution in [2.75, 3.05) is 13.2 Å². The van der Waals surface area contributed by atoms with Crippen LogP contribution in [0.1, 0.15) is 20.3 Å². The van der Waals surface area contributed by atoms with E-state index in [2.05, 4.69) is 19.2 Å². The molecule has 1 aromatic carbocycles. The molecule has 1 atom stereocenters. The van der Waals surface area contributed by atoms with Gasteiger partial charge in [0.15, 0.2) is 6.61 Å². The molecule has 0 fully saturated rings. The van der Waals surface area contributed by atoms with Crippen LogP contribution in [0.25, 0.3) is 0 Å². The number of benzene rings is 1. The lowest BCUT2D eigenvalue weighted by atomic mass is 10.0. The number of carbonyl (C=O) groups is 1. The first-order valence-corrected chi connectivity index (χ1v) is 7.25. The van der Waals surface area contributed by atoms with Crippen molar-refractivity contribution in [1.29, 1.82) is 0 Å². The largest absolute Gasteiger partial charge is 0.484 e. The molecule has 0 spiro atoms. The number of rotatable bonds is 7. The molecule has 0 aliphatic rings. The Morgan fingerprint density at radius 1 is 1.35 bits per heavy atom. The van der Waals surface area contributed by atoms with Crippen molar-refractivity contribution < 1.29 is 9.53 Å². The molecule has 1 aromatic rings. The van der Waals surface area contributed by atoms with Gasteiger partial charge in [-0.2, -0.15) is 0 Å². The van der Waals surface area contributed by atoms with Gasteiger partial charge in [-0.05, 0) is 24.5 Å².